The predicted molar refractivity (Wildman–Crippen MR) is 79.1 cm³/mol. The van der Waals surface area contributed by atoms with Crippen LogP contribution in [0.25, 0.3) is 10.9 Å². The first-order chi connectivity index (χ1) is 9.24. The van der Waals surface area contributed by atoms with Crippen LogP contribution in [0.5, 0.6) is 0 Å². The lowest BCUT2D eigenvalue weighted by Gasteiger charge is -2.13. The van der Waals surface area contributed by atoms with Crippen molar-refractivity contribution in [2.45, 2.75) is 33.1 Å². The summed E-state index contributed by atoms with van der Waals surface area (Å²) in [5, 5.41) is 4.17. The molecule has 2 aromatic rings. The quantitative estimate of drug-likeness (QED) is 0.820. The number of benzene rings is 1. The first kappa shape index (κ1) is 13.7. The molecule has 2 rings (SSSR count). The van der Waals surface area contributed by atoms with E-state index in [1.165, 1.54) is 0 Å². The van der Waals surface area contributed by atoms with E-state index < -0.39 is 0 Å². The minimum absolute atomic E-state index is 0.108. The third-order valence-electron chi connectivity index (χ3n) is 3.77. The van der Waals surface area contributed by atoms with Crippen molar-refractivity contribution < 1.29 is 4.79 Å². The molecular formula is C16H22N2O. The largest absolute Gasteiger partial charge is 0.361 e. The van der Waals surface area contributed by atoms with E-state index in [1.54, 1.807) is 0 Å². The molecular weight excluding hydrogens is 236 g/mol. The van der Waals surface area contributed by atoms with Crippen LogP contribution in [0.1, 0.15) is 32.3 Å². The second-order valence-electron chi connectivity index (χ2n) is 5.02. The second-order valence-corrected chi connectivity index (χ2v) is 5.02. The Morgan fingerprint density at radius 1 is 1.26 bits per heavy atom. The number of para-hydroxylation sites is 1. The molecule has 0 radical (unpaired) electrons. The molecule has 2 N–H and O–H groups in total. The summed E-state index contributed by atoms with van der Waals surface area (Å²) in [6.45, 7) is 5.12. The van der Waals surface area contributed by atoms with Crippen LogP contribution in [0.2, 0.25) is 0 Å². The molecule has 0 atom stereocenters. The maximum atomic E-state index is 12.0. The minimum atomic E-state index is 0.108. The number of fused-ring (bicyclic) bond motifs is 1. The van der Waals surface area contributed by atoms with Gasteiger partial charge in [0.15, 0.2) is 0 Å². The number of hydrogen-bond acceptors (Lipinski definition) is 1. The lowest BCUT2D eigenvalue weighted by atomic mass is 10.0. The van der Waals surface area contributed by atoms with Gasteiger partial charge in [-0.1, -0.05) is 44.9 Å². The highest BCUT2D eigenvalue weighted by atomic mass is 16.1. The maximum Gasteiger partial charge on any atom is 0.224 e. The normalized spacial score (nSPS) is 11.1. The molecule has 1 aromatic heterocycles. The average molecular weight is 258 g/mol. The first-order valence-corrected chi connectivity index (χ1v) is 7.06. The number of amides is 1. The van der Waals surface area contributed by atoms with Crippen LogP contribution in [0.3, 0.4) is 0 Å². The van der Waals surface area contributed by atoms with Crippen molar-refractivity contribution in [1.29, 1.82) is 0 Å². The topological polar surface area (TPSA) is 44.9 Å². The lowest BCUT2D eigenvalue weighted by molar-refractivity contribution is -0.120. The van der Waals surface area contributed by atoms with E-state index in [-0.39, 0.29) is 5.91 Å². The Labute approximate surface area is 114 Å². The van der Waals surface area contributed by atoms with Crippen LogP contribution in [-0.2, 0) is 11.2 Å². The van der Waals surface area contributed by atoms with Gasteiger partial charge in [0, 0.05) is 23.6 Å². The predicted octanol–water partition coefficient (Wildman–Crippen LogP) is 3.26. The third kappa shape index (κ3) is 3.37. The summed E-state index contributed by atoms with van der Waals surface area (Å²) in [6.07, 6.45) is 4.61. The van der Waals surface area contributed by atoms with Crippen molar-refractivity contribution >= 4 is 16.8 Å². The maximum absolute atomic E-state index is 12.0. The van der Waals surface area contributed by atoms with Gasteiger partial charge >= 0.3 is 0 Å². The van der Waals surface area contributed by atoms with Crippen LogP contribution in [0.4, 0.5) is 0 Å². The highest BCUT2D eigenvalue weighted by molar-refractivity contribution is 5.88. The van der Waals surface area contributed by atoms with Gasteiger partial charge in [-0.15, -0.1) is 0 Å². The molecule has 19 heavy (non-hydrogen) atoms. The highest BCUT2D eigenvalue weighted by Crippen LogP contribution is 2.18. The van der Waals surface area contributed by atoms with Crippen molar-refractivity contribution in [2.75, 3.05) is 6.54 Å². The zero-order chi connectivity index (χ0) is 13.7. The summed E-state index contributed by atoms with van der Waals surface area (Å²) in [6, 6.07) is 8.08. The van der Waals surface area contributed by atoms with Gasteiger partial charge in [0.25, 0.3) is 0 Å². The number of aromatic amines is 1. The Kier molecular flexibility index (Phi) is 4.61. The van der Waals surface area contributed by atoms with Crippen molar-refractivity contribution in [3.8, 4) is 0 Å². The monoisotopic (exact) mass is 258 g/mol. The van der Waals surface area contributed by atoms with Crippen molar-refractivity contribution in [3.05, 3.63) is 36.0 Å². The molecule has 1 heterocycles. The first-order valence-electron chi connectivity index (χ1n) is 7.06. The molecule has 0 unspecified atom stereocenters. The van der Waals surface area contributed by atoms with E-state index in [0.29, 0.717) is 12.3 Å². The van der Waals surface area contributed by atoms with Gasteiger partial charge in [0.05, 0.1) is 6.42 Å². The van der Waals surface area contributed by atoms with E-state index in [9.17, 15) is 4.79 Å². The van der Waals surface area contributed by atoms with Crippen LogP contribution in [0, 0.1) is 5.92 Å². The van der Waals surface area contributed by atoms with E-state index in [0.717, 1.165) is 35.9 Å². The smallest absolute Gasteiger partial charge is 0.224 e. The number of carbonyl (C=O) groups excluding carboxylic acids is 1. The fraction of sp³-hybridized carbons (Fsp3) is 0.438. The fourth-order valence-electron chi connectivity index (χ4n) is 2.35. The standard InChI is InChI=1S/C16H22N2O/c1-3-12(4-2)10-18-16(19)9-13-11-17-15-8-6-5-7-14(13)15/h5-8,11-12,17H,3-4,9-10H2,1-2H3,(H,18,19). The fourth-order valence-corrected chi connectivity index (χ4v) is 2.35. The third-order valence-corrected chi connectivity index (χ3v) is 3.77. The number of aromatic nitrogens is 1. The van der Waals surface area contributed by atoms with Gasteiger partial charge in [-0.3, -0.25) is 4.79 Å². The molecule has 0 bridgehead atoms. The summed E-state index contributed by atoms with van der Waals surface area (Å²) in [5.41, 5.74) is 2.16. The molecule has 3 nitrogen and oxygen atoms in total. The molecule has 0 fully saturated rings. The van der Waals surface area contributed by atoms with E-state index in [1.807, 2.05) is 24.4 Å². The van der Waals surface area contributed by atoms with Gasteiger partial charge in [0.2, 0.25) is 5.91 Å². The van der Waals surface area contributed by atoms with Crippen LogP contribution in [-0.4, -0.2) is 17.4 Å². The van der Waals surface area contributed by atoms with E-state index in [2.05, 4.69) is 30.2 Å². The summed E-state index contributed by atoms with van der Waals surface area (Å²) in [5.74, 6) is 0.698. The second kappa shape index (κ2) is 6.41. The molecule has 0 saturated heterocycles. The molecule has 0 saturated carbocycles. The molecule has 102 valence electrons. The summed E-state index contributed by atoms with van der Waals surface area (Å²) >= 11 is 0. The van der Waals surface area contributed by atoms with Crippen LogP contribution >= 0.6 is 0 Å². The Balaban J connectivity index is 1.95. The SMILES string of the molecule is CCC(CC)CNC(=O)Cc1c[nH]c2ccccc12. The van der Waals surface area contributed by atoms with Crippen LogP contribution in [0.15, 0.2) is 30.5 Å². The molecule has 0 aliphatic rings. The van der Waals surface area contributed by atoms with Gasteiger partial charge in [-0.05, 0) is 17.5 Å². The number of nitrogens with one attached hydrogen (secondary N) is 2. The number of rotatable bonds is 6. The average Bonchev–Trinajstić information content (AvgIpc) is 2.83. The molecule has 3 heteroatoms. The van der Waals surface area contributed by atoms with Gasteiger partial charge in [-0.25, -0.2) is 0 Å². The molecule has 0 spiro atoms. The molecule has 0 aliphatic heterocycles. The van der Waals surface area contributed by atoms with Gasteiger partial charge in [-0.2, -0.15) is 0 Å². The Morgan fingerprint density at radius 2 is 2.00 bits per heavy atom. The Morgan fingerprint density at radius 3 is 2.74 bits per heavy atom. The van der Waals surface area contributed by atoms with E-state index in [4.69, 9.17) is 0 Å². The zero-order valence-corrected chi connectivity index (χ0v) is 11.7. The molecule has 1 amide bonds. The molecule has 1 aromatic carbocycles. The zero-order valence-electron chi connectivity index (χ0n) is 11.7. The van der Waals surface area contributed by atoms with Gasteiger partial charge < -0.3 is 10.3 Å². The highest BCUT2D eigenvalue weighted by Gasteiger charge is 2.10. The van der Waals surface area contributed by atoms with Crippen LogP contribution < -0.4 is 5.32 Å². The van der Waals surface area contributed by atoms with Crippen molar-refractivity contribution in [2.24, 2.45) is 5.92 Å². The Bertz CT molecular complexity index is 540. The number of H-pyrrole nitrogens is 1. The van der Waals surface area contributed by atoms with E-state index >= 15 is 0 Å². The van der Waals surface area contributed by atoms with Gasteiger partial charge in [0.1, 0.15) is 0 Å². The summed E-state index contributed by atoms with van der Waals surface area (Å²) < 4.78 is 0. The minimum Gasteiger partial charge on any atom is -0.361 e. The Hall–Kier alpha value is -1.77. The molecule has 0 aliphatic carbocycles. The number of hydrogen-bond donors (Lipinski definition) is 2. The van der Waals surface area contributed by atoms with Crippen molar-refractivity contribution in [3.63, 3.8) is 0 Å². The summed E-state index contributed by atoms with van der Waals surface area (Å²) in [7, 11) is 0. The summed E-state index contributed by atoms with van der Waals surface area (Å²) in [4.78, 5) is 15.2. The van der Waals surface area contributed by atoms with Crippen molar-refractivity contribution in [1.82, 2.24) is 10.3 Å². The lowest BCUT2D eigenvalue weighted by Crippen LogP contribution is -2.30. The number of carbonyl (C=O) groups is 1.